The normalized spacial score (nSPS) is 16.5. The van der Waals surface area contributed by atoms with Gasteiger partial charge in [0.05, 0.1) is 18.2 Å². The topological polar surface area (TPSA) is 58.6 Å². The van der Waals surface area contributed by atoms with Crippen molar-refractivity contribution in [3.63, 3.8) is 0 Å². The molecule has 2 amide bonds. The Balaban J connectivity index is 1.69. The number of hydrogen-bond acceptors (Lipinski definition) is 3. The predicted molar refractivity (Wildman–Crippen MR) is 111 cm³/mol. The lowest BCUT2D eigenvalue weighted by molar-refractivity contribution is -0.121. The van der Waals surface area contributed by atoms with E-state index in [1.807, 2.05) is 57.2 Å². The number of piperidine rings is 1. The highest BCUT2D eigenvalue weighted by Gasteiger charge is 2.29. The highest BCUT2D eigenvalue weighted by Crippen LogP contribution is 2.26. The summed E-state index contributed by atoms with van der Waals surface area (Å²) < 4.78 is 5.59. The molecule has 0 saturated carbocycles. The number of nitrogens with one attached hydrogen (secondary N) is 1. The van der Waals surface area contributed by atoms with Crippen LogP contribution in [0, 0.1) is 19.8 Å². The van der Waals surface area contributed by atoms with Gasteiger partial charge in [-0.05, 0) is 57.9 Å². The standard InChI is InChI=1S/C23H28N2O3/c1-4-28-21-10-6-5-9-20(21)24-22(26)18-8-7-11-25(15-18)23(27)19-13-16(2)12-17(3)14-19/h5-6,9-10,12-14,18H,4,7-8,11,15H2,1-3H3,(H,24,26)/t18-/m0/s1. The van der Waals surface area contributed by atoms with E-state index in [9.17, 15) is 9.59 Å². The molecule has 148 valence electrons. The number of nitrogens with zero attached hydrogens (tertiary/aromatic N) is 1. The Kier molecular flexibility index (Phi) is 6.34. The van der Waals surface area contributed by atoms with Crippen LogP contribution in [0.2, 0.25) is 0 Å². The number of amides is 2. The van der Waals surface area contributed by atoms with Crippen LogP contribution >= 0.6 is 0 Å². The summed E-state index contributed by atoms with van der Waals surface area (Å²) in [4.78, 5) is 27.6. The molecule has 0 unspecified atom stereocenters. The van der Waals surface area contributed by atoms with E-state index in [0.29, 0.717) is 36.7 Å². The highest BCUT2D eigenvalue weighted by atomic mass is 16.5. The summed E-state index contributed by atoms with van der Waals surface area (Å²) in [7, 11) is 0. The average molecular weight is 380 g/mol. The quantitative estimate of drug-likeness (QED) is 0.846. The number of hydrogen-bond donors (Lipinski definition) is 1. The molecule has 0 spiro atoms. The zero-order chi connectivity index (χ0) is 20.1. The summed E-state index contributed by atoms with van der Waals surface area (Å²) in [6.07, 6.45) is 1.60. The molecule has 1 N–H and O–H groups in total. The lowest BCUT2D eigenvalue weighted by Crippen LogP contribution is -2.43. The maximum Gasteiger partial charge on any atom is 0.253 e. The summed E-state index contributed by atoms with van der Waals surface area (Å²) in [6, 6.07) is 13.3. The fraction of sp³-hybridized carbons (Fsp3) is 0.391. The molecule has 0 aromatic heterocycles. The van der Waals surface area contributed by atoms with Crippen LogP contribution in [0.15, 0.2) is 42.5 Å². The molecule has 1 fully saturated rings. The second-order valence-corrected chi connectivity index (χ2v) is 7.39. The molecule has 1 aliphatic heterocycles. The molecule has 2 aromatic rings. The zero-order valence-electron chi connectivity index (χ0n) is 16.8. The van der Waals surface area contributed by atoms with Crippen molar-refractivity contribution in [2.45, 2.75) is 33.6 Å². The van der Waals surface area contributed by atoms with Gasteiger partial charge in [0.15, 0.2) is 0 Å². The smallest absolute Gasteiger partial charge is 0.253 e. The van der Waals surface area contributed by atoms with Crippen molar-refractivity contribution >= 4 is 17.5 Å². The van der Waals surface area contributed by atoms with Crippen LogP contribution in [0.25, 0.3) is 0 Å². The Hall–Kier alpha value is -2.82. The van der Waals surface area contributed by atoms with Gasteiger partial charge in [-0.3, -0.25) is 9.59 Å². The van der Waals surface area contributed by atoms with Gasteiger partial charge in [0.1, 0.15) is 5.75 Å². The minimum absolute atomic E-state index is 0.000911. The van der Waals surface area contributed by atoms with Gasteiger partial charge in [-0.15, -0.1) is 0 Å². The van der Waals surface area contributed by atoms with E-state index in [-0.39, 0.29) is 17.7 Å². The molecule has 5 heteroatoms. The highest BCUT2D eigenvalue weighted by molar-refractivity contribution is 5.97. The van der Waals surface area contributed by atoms with Gasteiger partial charge in [0.2, 0.25) is 5.91 Å². The number of para-hydroxylation sites is 2. The molecule has 1 aliphatic rings. The minimum Gasteiger partial charge on any atom is -0.492 e. The van der Waals surface area contributed by atoms with E-state index in [2.05, 4.69) is 11.4 Å². The number of carbonyl (C=O) groups is 2. The first-order chi connectivity index (χ1) is 13.5. The van der Waals surface area contributed by atoms with Crippen molar-refractivity contribution in [2.24, 2.45) is 5.92 Å². The van der Waals surface area contributed by atoms with Gasteiger partial charge in [-0.25, -0.2) is 0 Å². The van der Waals surface area contributed by atoms with Crippen LogP contribution in [0.1, 0.15) is 41.3 Å². The lowest BCUT2D eigenvalue weighted by Gasteiger charge is -2.32. The molecule has 28 heavy (non-hydrogen) atoms. The van der Waals surface area contributed by atoms with E-state index in [1.165, 1.54) is 0 Å². The van der Waals surface area contributed by atoms with Gasteiger partial charge in [0.25, 0.3) is 5.91 Å². The van der Waals surface area contributed by atoms with Gasteiger partial charge < -0.3 is 15.0 Å². The fourth-order valence-corrected chi connectivity index (χ4v) is 3.74. The zero-order valence-corrected chi connectivity index (χ0v) is 16.8. The molecule has 1 atom stereocenters. The molecular formula is C23H28N2O3. The molecule has 1 saturated heterocycles. The Morgan fingerprint density at radius 2 is 1.86 bits per heavy atom. The van der Waals surface area contributed by atoms with E-state index >= 15 is 0 Å². The SMILES string of the molecule is CCOc1ccccc1NC(=O)[C@H]1CCCN(C(=O)c2cc(C)cc(C)c2)C1. The van der Waals surface area contributed by atoms with Crippen LogP contribution < -0.4 is 10.1 Å². The first-order valence-electron chi connectivity index (χ1n) is 9.88. The van der Waals surface area contributed by atoms with Crippen molar-refractivity contribution in [3.05, 3.63) is 59.2 Å². The number of likely N-dealkylation sites (tertiary alicyclic amines) is 1. The molecule has 2 aromatic carbocycles. The third kappa shape index (κ3) is 4.71. The van der Waals surface area contributed by atoms with Crippen LogP contribution in [0.5, 0.6) is 5.75 Å². The van der Waals surface area contributed by atoms with Crippen molar-refractivity contribution < 1.29 is 14.3 Å². The first-order valence-corrected chi connectivity index (χ1v) is 9.88. The number of ether oxygens (including phenoxy) is 1. The Bertz CT molecular complexity index is 842. The third-order valence-corrected chi connectivity index (χ3v) is 4.99. The van der Waals surface area contributed by atoms with E-state index in [1.54, 1.807) is 4.90 Å². The van der Waals surface area contributed by atoms with Crippen LogP contribution in [0.4, 0.5) is 5.69 Å². The number of anilines is 1. The van der Waals surface area contributed by atoms with Crippen LogP contribution in [-0.2, 0) is 4.79 Å². The molecule has 5 nitrogen and oxygen atoms in total. The van der Waals surface area contributed by atoms with Gasteiger partial charge >= 0.3 is 0 Å². The number of rotatable bonds is 5. The summed E-state index contributed by atoms with van der Waals surface area (Å²) in [6.45, 7) is 7.56. The second kappa shape index (κ2) is 8.91. The lowest BCUT2D eigenvalue weighted by atomic mass is 9.96. The van der Waals surface area contributed by atoms with Crippen molar-refractivity contribution in [3.8, 4) is 5.75 Å². The van der Waals surface area contributed by atoms with Crippen LogP contribution in [0.3, 0.4) is 0 Å². The fourth-order valence-electron chi connectivity index (χ4n) is 3.74. The third-order valence-electron chi connectivity index (χ3n) is 4.99. The Morgan fingerprint density at radius 3 is 2.57 bits per heavy atom. The monoisotopic (exact) mass is 380 g/mol. The van der Waals surface area contributed by atoms with E-state index in [4.69, 9.17) is 4.74 Å². The summed E-state index contributed by atoms with van der Waals surface area (Å²) in [5.74, 6) is 0.375. The largest absolute Gasteiger partial charge is 0.492 e. The van der Waals surface area contributed by atoms with Gasteiger partial charge in [-0.1, -0.05) is 29.3 Å². The van der Waals surface area contributed by atoms with Crippen molar-refractivity contribution in [1.82, 2.24) is 4.90 Å². The van der Waals surface area contributed by atoms with Gasteiger partial charge in [-0.2, -0.15) is 0 Å². The molecular weight excluding hydrogens is 352 g/mol. The van der Waals surface area contributed by atoms with Crippen molar-refractivity contribution in [1.29, 1.82) is 0 Å². The molecule has 0 aliphatic carbocycles. The maximum absolute atomic E-state index is 12.9. The van der Waals surface area contributed by atoms with E-state index < -0.39 is 0 Å². The predicted octanol–water partition coefficient (Wildman–Crippen LogP) is 4.19. The Labute approximate surface area is 166 Å². The minimum atomic E-state index is -0.224. The van der Waals surface area contributed by atoms with Gasteiger partial charge in [0, 0.05) is 18.7 Å². The van der Waals surface area contributed by atoms with Crippen molar-refractivity contribution in [2.75, 3.05) is 25.0 Å². The Morgan fingerprint density at radius 1 is 1.14 bits per heavy atom. The van der Waals surface area contributed by atoms with Crippen LogP contribution in [-0.4, -0.2) is 36.4 Å². The van der Waals surface area contributed by atoms with E-state index in [0.717, 1.165) is 24.0 Å². The number of carbonyl (C=O) groups excluding carboxylic acids is 2. The average Bonchev–Trinajstić information content (AvgIpc) is 2.68. The number of aryl methyl sites for hydroxylation is 2. The second-order valence-electron chi connectivity index (χ2n) is 7.39. The summed E-state index contributed by atoms with van der Waals surface area (Å²) in [5, 5.41) is 2.98. The molecule has 0 radical (unpaired) electrons. The maximum atomic E-state index is 12.9. The molecule has 0 bridgehead atoms. The molecule has 3 rings (SSSR count). The number of benzene rings is 2. The summed E-state index contributed by atoms with van der Waals surface area (Å²) >= 11 is 0. The molecule has 1 heterocycles. The first kappa shape index (κ1) is 19.9. The summed E-state index contributed by atoms with van der Waals surface area (Å²) in [5.41, 5.74) is 3.51.